The minimum absolute atomic E-state index is 0.682. The van der Waals surface area contributed by atoms with E-state index in [0.29, 0.717) is 6.54 Å². The van der Waals surface area contributed by atoms with Crippen molar-refractivity contribution in [1.29, 1.82) is 0 Å². The van der Waals surface area contributed by atoms with E-state index in [2.05, 4.69) is 21.9 Å². The highest BCUT2D eigenvalue weighted by atomic mass is 32.1. The van der Waals surface area contributed by atoms with Gasteiger partial charge in [-0.05, 0) is 51.0 Å². The zero-order valence-electron chi connectivity index (χ0n) is 11.0. The maximum atomic E-state index is 5.68. The first-order chi connectivity index (χ1) is 8.85. The second kappa shape index (κ2) is 5.70. The van der Waals surface area contributed by atoms with Gasteiger partial charge in [-0.3, -0.25) is 9.80 Å². The van der Waals surface area contributed by atoms with E-state index in [1.807, 2.05) is 11.3 Å². The Bertz CT molecular complexity index is 390. The lowest BCUT2D eigenvalue weighted by Gasteiger charge is -2.25. The van der Waals surface area contributed by atoms with Gasteiger partial charge in [-0.2, -0.15) is 0 Å². The molecule has 1 aromatic rings. The van der Waals surface area contributed by atoms with Gasteiger partial charge in [0.1, 0.15) is 0 Å². The monoisotopic (exact) mass is 265 g/mol. The van der Waals surface area contributed by atoms with Crippen molar-refractivity contribution in [2.45, 2.75) is 38.4 Å². The summed E-state index contributed by atoms with van der Waals surface area (Å²) in [7, 11) is 0. The molecule has 4 heteroatoms. The van der Waals surface area contributed by atoms with E-state index < -0.39 is 0 Å². The third kappa shape index (κ3) is 2.77. The van der Waals surface area contributed by atoms with E-state index >= 15 is 0 Å². The van der Waals surface area contributed by atoms with E-state index in [-0.39, 0.29) is 0 Å². The molecule has 0 radical (unpaired) electrons. The molecule has 1 atom stereocenters. The second-order valence-corrected chi connectivity index (χ2v) is 6.75. The lowest BCUT2D eigenvalue weighted by atomic mass is 10.2. The van der Waals surface area contributed by atoms with Crippen LogP contribution in [0.25, 0.3) is 0 Å². The molecule has 0 saturated carbocycles. The summed E-state index contributed by atoms with van der Waals surface area (Å²) in [5.74, 6) is 0. The molecule has 1 aromatic heterocycles. The van der Waals surface area contributed by atoms with E-state index in [9.17, 15) is 0 Å². The van der Waals surface area contributed by atoms with Crippen LogP contribution in [0.5, 0.6) is 0 Å². The van der Waals surface area contributed by atoms with E-state index in [1.54, 1.807) is 0 Å². The number of hydrogen-bond donors (Lipinski definition) is 1. The number of nitrogens with zero attached hydrogens (tertiary/aromatic N) is 2. The molecule has 0 spiro atoms. The van der Waals surface area contributed by atoms with Gasteiger partial charge >= 0.3 is 0 Å². The third-order valence-corrected chi connectivity index (χ3v) is 5.28. The van der Waals surface area contributed by atoms with Crippen LogP contribution in [0.2, 0.25) is 0 Å². The van der Waals surface area contributed by atoms with Gasteiger partial charge < -0.3 is 5.73 Å². The Hall–Kier alpha value is -0.420. The van der Waals surface area contributed by atoms with Crippen LogP contribution in [0.1, 0.15) is 29.0 Å². The number of fused-ring (bicyclic) bond motifs is 1. The largest absolute Gasteiger partial charge is 0.326 e. The summed E-state index contributed by atoms with van der Waals surface area (Å²) in [5, 5.41) is 0. The Labute approximate surface area is 114 Å². The molecule has 3 nitrogen and oxygen atoms in total. The molecule has 18 heavy (non-hydrogen) atoms. The van der Waals surface area contributed by atoms with Crippen LogP contribution in [-0.4, -0.2) is 42.0 Å². The standard InChI is InChI=1S/C14H23N3S/c15-9-13-4-5-14(18-13)11-16-6-2-8-17-7-1-3-12(17)10-16/h4-5,12H,1-3,6-11,15H2. The number of thiophene rings is 1. The minimum atomic E-state index is 0.682. The summed E-state index contributed by atoms with van der Waals surface area (Å²) >= 11 is 1.88. The molecule has 0 aliphatic carbocycles. The smallest absolute Gasteiger partial charge is 0.0328 e. The number of rotatable bonds is 3. The molecule has 2 fully saturated rings. The molecule has 2 N–H and O–H groups in total. The van der Waals surface area contributed by atoms with Crippen molar-refractivity contribution in [3.63, 3.8) is 0 Å². The molecule has 3 heterocycles. The Morgan fingerprint density at radius 2 is 2.00 bits per heavy atom. The van der Waals surface area contributed by atoms with Gasteiger partial charge in [0.05, 0.1) is 0 Å². The maximum Gasteiger partial charge on any atom is 0.0328 e. The van der Waals surface area contributed by atoms with Crippen molar-refractivity contribution >= 4 is 11.3 Å². The summed E-state index contributed by atoms with van der Waals surface area (Å²) in [6.45, 7) is 6.95. The van der Waals surface area contributed by atoms with Crippen LogP contribution in [0.15, 0.2) is 12.1 Å². The zero-order chi connectivity index (χ0) is 12.4. The van der Waals surface area contributed by atoms with E-state index in [0.717, 1.165) is 12.6 Å². The quantitative estimate of drug-likeness (QED) is 0.905. The summed E-state index contributed by atoms with van der Waals surface area (Å²) < 4.78 is 0. The van der Waals surface area contributed by atoms with Gasteiger partial charge in [0.25, 0.3) is 0 Å². The molecule has 2 saturated heterocycles. The topological polar surface area (TPSA) is 32.5 Å². The number of hydrogen-bond acceptors (Lipinski definition) is 4. The van der Waals surface area contributed by atoms with E-state index in [4.69, 9.17) is 5.73 Å². The minimum Gasteiger partial charge on any atom is -0.326 e. The average Bonchev–Trinajstić information content (AvgIpc) is 2.96. The predicted molar refractivity (Wildman–Crippen MR) is 76.7 cm³/mol. The lowest BCUT2D eigenvalue weighted by molar-refractivity contribution is 0.216. The molecule has 0 amide bonds. The Balaban J connectivity index is 1.61. The van der Waals surface area contributed by atoms with Crippen molar-refractivity contribution in [3.05, 3.63) is 21.9 Å². The average molecular weight is 265 g/mol. The highest BCUT2D eigenvalue weighted by Crippen LogP contribution is 2.24. The van der Waals surface area contributed by atoms with E-state index in [1.165, 1.54) is 55.2 Å². The van der Waals surface area contributed by atoms with Crippen molar-refractivity contribution in [3.8, 4) is 0 Å². The van der Waals surface area contributed by atoms with Crippen LogP contribution in [0, 0.1) is 0 Å². The Morgan fingerprint density at radius 1 is 1.17 bits per heavy atom. The van der Waals surface area contributed by atoms with Crippen LogP contribution in [0.3, 0.4) is 0 Å². The highest BCUT2D eigenvalue weighted by molar-refractivity contribution is 7.11. The summed E-state index contributed by atoms with van der Waals surface area (Å²) in [6.07, 6.45) is 4.12. The second-order valence-electron chi connectivity index (χ2n) is 5.49. The molecule has 100 valence electrons. The van der Waals surface area contributed by atoms with Crippen LogP contribution in [0.4, 0.5) is 0 Å². The first-order valence-electron chi connectivity index (χ1n) is 7.09. The highest BCUT2D eigenvalue weighted by Gasteiger charge is 2.28. The van der Waals surface area contributed by atoms with Gasteiger partial charge in [0.15, 0.2) is 0 Å². The van der Waals surface area contributed by atoms with Crippen molar-refractivity contribution in [2.75, 3.05) is 26.2 Å². The Morgan fingerprint density at radius 3 is 2.83 bits per heavy atom. The van der Waals surface area contributed by atoms with Gasteiger partial charge in [0, 0.05) is 35.4 Å². The van der Waals surface area contributed by atoms with Gasteiger partial charge in [-0.1, -0.05) is 0 Å². The molecule has 2 aliphatic rings. The molecular formula is C14H23N3S. The molecule has 2 aliphatic heterocycles. The lowest BCUT2D eigenvalue weighted by Crippen LogP contribution is -2.36. The van der Waals surface area contributed by atoms with Crippen molar-refractivity contribution in [1.82, 2.24) is 9.80 Å². The van der Waals surface area contributed by atoms with Crippen molar-refractivity contribution < 1.29 is 0 Å². The first kappa shape index (κ1) is 12.6. The fourth-order valence-corrected chi connectivity index (χ4v) is 4.20. The molecule has 3 rings (SSSR count). The zero-order valence-corrected chi connectivity index (χ0v) is 11.8. The normalized spacial score (nSPS) is 26.2. The van der Waals surface area contributed by atoms with Crippen LogP contribution < -0.4 is 5.73 Å². The molecular weight excluding hydrogens is 242 g/mol. The van der Waals surface area contributed by atoms with Gasteiger partial charge in [-0.25, -0.2) is 0 Å². The molecule has 0 aromatic carbocycles. The first-order valence-corrected chi connectivity index (χ1v) is 7.91. The Kier molecular flexibility index (Phi) is 3.99. The summed E-state index contributed by atoms with van der Waals surface area (Å²) in [5.41, 5.74) is 5.68. The van der Waals surface area contributed by atoms with Crippen LogP contribution in [-0.2, 0) is 13.1 Å². The fraction of sp³-hybridized carbons (Fsp3) is 0.714. The van der Waals surface area contributed by atoms with Gasteiger partial charge in [-0.15, -0.1) is 11.3 Å². The van der Waals surface area contributed by atoms with Gasteiger partial charge in [0.2, 0.25) is 0 Å². The molecule has 1 unspecified atom stereocenters. The third-order valence-electron chi connectivity index (χ3n) is 4.19. The summed E-state index contributed by atoms with van der Waals surface area (Å²) in [6, 6.07) is 5.26. The fourth-order valence-electron chi connectivity index (χ4n) is 3.26. The predicted octanol–water partition coefficient (Wildman–Crippen LogP) is 1.88. The molecule has 0 bridgehead atoms. The SMILES string of the molecule is NCc1ccc(CN2CCCN3CCCC3C2)s1. The van der Waals surface area contributed by atoms with Crippen molar-refractivity contribution in [2.24, 2.45) is 5.73 Å². The maximum absolute atomic E-state index is 5.68. The number of nitrogens with two attached hydrogens (primary N) is 1. The summed E-state index contributed by atoms with van der Waals surface area (Å²) in [4.78, 5) is 8.12. The van der Waals surface area contributed by atoms with Crippen LogP contribution >= 0.6 is 11.3 Å².